The van der Waals surface area contributed by atoms with Gasteiger partial charge in [0.1, 0.15) is 5.82 Å². The highest BCUT2D eigenvalue weighted by Crippen LogP contribution is 2.26. The summed E-state index contributed by atoms with van der Waals surface area (Å²) < 4.78 is 26.3. The van der Waals surface area contributed by atoms with Crippen LogP contribution in [-0.4, -0.2) is 42.6 Å². The van der Waals surface area contributed by atoms with Crippen LogP contribution < -0.4 is 15.5 Å². The van der Waals surface area contributed by atoms with Crippen LogP contribution in [0.3, 0.4) is 0 Å². The molecule has 1 fully saturated rings. The molecule has 0 radical (unpaired) electrons. The predicted octanol–water partition coefficient (Wildman–Crippen LogP) is 3.53. The van der Waals surface area contributed by atoms with Crippen molar-refractivity contribution in [1.29, 1.82) is 0 Å². The Kier molecular flexibility index (Phi) is 6.61. The van der Waals surface area contributed by atoms with E-state index in [1.54, 1.807) is 0 Å². The Bertz CT molecular complexity index is 866. The number of halogens is 2. The van der Waals surface area contributed by atoms with Crippen LogP contribution in [0.25, 0.3) is 0 Å². The zero-order valence-electron chi connectivity index (χ0n) is 17.0. The molecule has 0 unspecified atom stereocenters. The summed E-state index contributed by atoms with van der Waals surface area (Å²) in [6.45, 7) is 2.51. The molecule has 0 bridgehead atoms. The van der Waals surface area contributed by atoms with E-state index in [0.29, 0.717) is 24.5 Å². The second-order valence-corrected chi connectivity index (χ2v) is 7.80. The van der Waals surface area contributed by atoms with Gasteiger partial charge in [-0.05, 0) is 56.7 Å². The molecule has 1 amide bonds. The highest BCUT2D eigenvalue weighted by atomic mass is 19.2. The number of anilines is 2. The number of nitrogens with zero attached hydrogens (tertiary/aromatic N) is 3. The molecule has 6 nitrogen and oxygen atoms in total. The average Bonchev–Trinajstić information content (AvgIpc) is 2.70. The van der Waals surface area contributed by atoms with Gasteiger partial charge in [-0.1, -0.05) is 0 Å². The Morgan fingerprint density at radius 1 is 1.17 bits per heavy atom. The van der Waals surface area contributed by atoms with Crippen molar-refractivity contribution < 1.29 is 13.6 Å². The number of aryl methyl sites for hydroxylation is 1. The number of carbonyl (C=O) groups is 1. The highest BCUT2D eigenvalue weighted by Gasteiger charge is 2.22. The molecule has 29 heavy (non-hydrogen) atoms. The number of benzene rings is 1. The van der Waals surface area contributed by atoms with Crippen LogP contribution in [0.5, 0.6) is 0 Å². The topological polar surface area (TPSA) is 70.1 Å². The van der Waals surface area contributed by atoms with Gasteiger partial charge in [0.15, 0.2) is 11.6 Å². The van der Waals surface area contributed by atoms with E-state index in [9.17, 15) is 13.6 Å². The summed E-state index contributed by atoms with van der Waals surface area (Å²) in [4.78, 5) is 23.1. The van der Waals surface area contributed by atoms with Gasteiger partial charge >= 0.3 is 0 Å². The van der Waals surface area contributed by atoms with Crippen LogP contribution in [0.15, 0.2) is 24.4 Å². The van der Waals surface area contributed by atoms with Gasteiger partial charge in [0, 0.05) is 44.0 Å². The van der Waals surface area contributed by atoms with E-state index in [-0.39, 0.29) is 11.5 Å². The molecule has 0 saturated heterocycles. The van der Waals surface area contributed by atoms with Crippen LogP contribution in [0, 0.1) is 24.5 Å². The lowest BCUT2D eigenvalue weighted by molar-refractivity contribution is 0.0942. The molecule has 1 saturated carbocycles. The fraction of sp³-hybridized carbons (Fsp3) is 0.476. The average molecular weight is 403 g/mol. The molecule has 2 aromatic rings. The number of rotatable bonds is 6. The first-order chi connectivity index (χ1) is 13.8. The molecule has 0 aliphatic heterocycles. The van der Waals surface area contributed by atoms with Gasteiger partial charge in [-0.15, -0.1) is 0 Å². The van der Waals surface area contributed by atoms with Crippen molar-refractivity contribution in [2.75, 3.05) is 30.9 Å². The summed E-state index contributed by atoms with van der Waals surface area (Å²) in [5.74, 6) is -0.458. The number of hydrogen-bond donors (Lipinski definition) is 2. The number of nitrogens with one attached hydrogen (secondary N) is 2. The number of amides is 1. The summed E-state index contributed by atoms with van der Waals surface area (Å²) in [7, 11) is 3.91. The van der Waals surface area contributed by atoms with E-state index >= 15 is 0 Å². The summed E-state index contributed by atoms with van der Waals surface area (Å²) in [5.41, 5.74) is 1.16. The molecule has 2 N–H and O–H groups in total. The van der Waals surface area contributed by atoms with Crippen molar-refractivity contribution in [2.24, 2.45) is 5.92 Å². The standard InChI is InChI=1S/C21H27F2N5O/c1-13-11-25-21(27-19(13)28(2)3)26-16-7-4-14(5-8-16)12-24-20(29)15-6-9-17(22)18(23)10-15/h6,9-11,14,16H,4-5,7-8,12H2,1-3H3,(H,24,29)(H,25,26,27). The minimum absolute atomic E-state index is 0.132. The van der Waals surface area contributed by atoms with Gasteiger partial charge in [-0.3, -0.25) is 4.79 Å². The van der Waals surface area contributed by atoms with Crippen molar-refractivity contribution in [2.45, 2.75) is 38.6 Å². The zero-order chi connectivity index (χ0) is 21.0. The van der Waals surface area contributed by atoms with E-state index in [1.165, 1.54) is 6.07 Å². The maximum Gasteiger partial charge on any atom is 0.251 e. The maximum atomic E-state index is 13.3. The summed E-state index contributed by atoms with van der Waals surface area (Å²) in [5, 5.41) is 6.24. The first kappa shape index (κ1) is 21.0. The highest BCUT2D eigenvalue weighted by molar-refractivity contribution is 5.94. The number of hydrogen-bond acceptors (Lipinski definition) is 5. The van der Waals surface area contributed by atoms with Crippen LogP contribution >= 0.6 is 0 Å². The van der Waals surface area contributed by atoms with E-state index in [1.807, 2.05) is 32.1 Å². The second kappa shape index (κ2) is 9.15. The van der Waals surface area contributed by atoms with Gasteiger partial charge in [0.2, 0.25) is 5.95 Å². The van der Waals surface area contributed by atoms with Crippen LogP contribution in [-0.2, 0) is 0 Å². The first-order valence-corrected chi connectivity index (χ1v) is 9.84. The molecule has 1 aliphatic rings. The predicted molar refractivity (Wildman–Crippen MR) is 109 cm³/mol. The number of aromatic nitrogens is 2. The molecule has 1 heterocycles. The van der Waals surface area contributed by atoms with Gasteiger partial charge in [0.05, 0.1) is 0 Å². The van der Waals surface area contributed by atoms with Crippen molar-refractivity contribution in [3.63, 3.8) is 0 Å². The van der Waals surface area contributed by atoms with Gasteiger partial charge < -0.3 is 15.5 Å². The third-order valence-electron chi connectivity index (χ3n) is 5.28. The van der Waals surface area contributed by atoms with Gasteiger partial charge in [-0.25, -0.2) is 13.8 Å². The quantitative estimate of drug-likeness (QED) is 0.772. The Balaban J connectivity index is 1.46. The van der Waals surface area contributed by atoms with E-state index in [4.69, 9.17) is 0 Å². The minimum atomic E-state index is -1.01. The van der Waals surface area contributed by atoms with Crippen LogP contribution in [0.2, 0.25) is 0 Å². The van der Waals surface area contributed by atoms with E-state index in [2.05, 4.69) is 20.6 Å². The first-order valence-electron chi connectivity index (χ1n) is 9.84. The molecule has 0 atom stereocenters. The summed E-state index contributed by atoms with van der Waals surface area (Å²) in [6.07, 6.45) is 5.66. The fourth-order valence-corrected chi connectivity index (χ4v) is 3.63. The molecular weight excluding hydrogens is 376 g/mol. The largest absolute Gasteiger partial charge is 0.362 e. The lowest BCUT2D eigenvalue weighted by Gasteiger charge is -2.29. The summed E-state index contributed by atoms with van der Waals surface area (Å²) >= 11 is 0. The third-order valence-corrected chi connectivity index (χ3v) is 5.28. The lowest BCUT2D eigenvalue weighted by atomic mass is 9.86. The summed E-state index contributed by atoms with van der Waals surface area (Å²) in [6, 6.07) is 3.48. The lowest BCUT2D eigenvalue weighted by Crippen LogP contribution is -2.34. The van der Waals surface area contributed by atoms with Crippen molar-refractivity contribution in [1.82, 2.24) is 15.3 Å². The second-order valence-electron chi connectivity index (χ2n) is 7.80. The van der Waals surface area contributed by atoms with Crippen molar-refractivity contribution >= 4 is 17.7 Å². The van der Waals surface area contributed by atoms with E-state index < -0.39 is 11.6 Å². The molecule has 0 spiro atoms. The fourth-order valence-electron chi connectivity index (χ4n) is 3.63. The normalized spacial score (nSPS) is 18.9. The molecule has 3 rings (SSSR count). The third kappa shape index (κ3) is 5.40. The molecule has 1 aromatic heterocycles. The van der Waals surface area contributed by atoms with Crippen LogP contribution in [0.4, 0.5) is 20.5 Å². The van der Waals surface area contributed by atoms with Crippen molar-refractivity contribution in [3.8, 4) is 0 Å². The van der Waals surface area contributed by atoms with Gasteiger partial charge in [0.25, 0.3) is 5.91 Å². The number of carbonyl (C=O) groups excluding carboxylic acids is 1. The SMILES string of the molecule is Cc1cnc(NC2CCC(CNC(=O)c3ccc(F)c(F)c3)CC2)nc1N(C)C. The molecule has 1 aromatic carbocycles. The Morgan fingerprint density at radius 3 is 2.55 bits per heavy atom. The Morgan fingerprint density at radius 2 is 1.90 bits per heavy atom. The smallest absolute Gasteiger partial charge is 0.251 e. The molecule has 1 aliphatic carbocycles. The monoisotopic (exact) mass is 403 g/mol. The van der Waals surface area contributed by atoms with E-state index in [0.717, 1.165) is 49.2 Å². The minimum Gasteiger partial charge on any atom is -0.362 e. The van der Waals surface area contributed by atoms with Crippen molar-refractivity contribution in [3.05, 3.63) is 47.2 Å². The Labute approximate surface area is 169 Å². The van der Waals surface area contributed by atoms with Gasteiger partial charge in [-0.2, -0.15) is 4.98 Å². The molecule has 8 heteroatoms. The maximum absolute atomic E-state index is 13.3. The molecule has 156 valence electrons. The zero-order valence-corrected chi connectivity index (χ0v) is 17.0. The van der Waals surface area contributed by atoms with Crippen LogP contribution in [0.1, 0.15) is 41.6 Å². The molecular formula is C21H27F2N5O. The Hall–Kier alpha value is -2.77.